The van der Waals surface area contributed by atoms with Crippen LogP contribution < -0.4 is 0 Å². The third kappa shape index (κ3) is 5.21. The van der Waals surface area contributed by atoms with Crippen LogP contribution in [0.25, 0.3) is 5.70 Å². The first kappa shape index (κ1) is 21.7. The summed E-state index contributed by atoms with van der Waals surface area (Å²) in [5.74, 6) is 0. The van der Waals surface area contributed by atoms with E-state index in [2.05, 4.69) is 16.4 Å². The smallest absolute Gasteiger partial charge is 0.410 e. The van der Waals surface area contributed by atoms with Crippen molar-refractivity contribution in [1.82, 2.24) is 14.7 Å². The van der Waals surface area contributed by atoms with Crippen molar-refractivity contribution in [3.63, 3.8) is 0 Å². The minimum absolute atomic E-state index is 0.0739. The Hall–Kier alpha value is -2.54. The number of aliphatic hydroxyl groups is 1. The van der Waals surface area contributed by atoms with Crippen LogP contribution in [0.5, 0.6) is 0 Å². The molecular formula is C24H28ClN3O3. The SMILES string of the molecule is C=C(c1ccc(Cl)cc1)N1CCN(C2CN(C(=O)OCc3ccccc3)C[C@H]2O)CC1. The molecule has 31 heavy (non-hydrogen) atoms. The normalized spacial score (nSPS) is 21.9. The molecule has 1 amide bonds. The van der Waals surface area contributed by atoms with E-state index >= 15 is 0 Å². The van der Waals surface area contributed by atoms with Gasteiger partial charge in [-0.3, -0.25) is 4.90 Å². The van der Waals surface area contributed by atoms with E-state index in [4.69, 9.17) is 16.3 Å². The number of carbonyl (C=O) groups is 1. The summed E-state index contributed by atoms with van der Waals surface area (Å²) in [5.41, 5.74) is 2.99. The molecule has 2 saturated heterocycles. The lowest BCUT2D eigenvalue weighted by atomic mass is 10.1. The number of benzene rings is 2. The summed E-state index contributed by atoms with van der Waals surface area (Å²) in [6, 6.07) is 17.2. The highest BCUT2D eigenvalue weighted by atomic mass is 35.5. The van der Waals surface area contributed by atoms with Crippen molar-refractivity contribution >= 4 is 23.4 Å². The number of amides is 1. The highest BCUT2D eigenvalue weighted by Gasteiger charge is 2.39. The average molecular weight is 442 g/mol. The Balaban J connectivity index is 1.27. The molecule has 2 aromatic rings. The van der Waals surface area contributed by atoms with Crippen molar-refractivity contribution in [1.29, 1.82) is 0 Å². The lowest BCUT2D eigenvalue weighted by Gasteiger charge is -2.40. The molecule has 1 unspecified atom stereocenters. The van der Waals surface area contributed by atoms with Crippen molar-refractivity contribution < 1.29 is 14.6 Å². The predicted molar refractivity (Wildman–Crippen MR) is 122 cm³/mol. The number of likely N-dealkylation sites (tertiary alicyclic amines) is 1. The van der Waals surface area contributed by atoms with Gasteiger partial charge in [-0.05, 0) is 23.3 Å². The van der Waals surface area contributed by atoms with Crippen molar-refractivity contribution in [3.8, 4) is 0 Å². The van der Waals surface area contributed by atoms with Gasteiger partial charge in [-0.25, -0.2) is 4.79 Å². The Morgan fingerprint density at radius 2 is 1.68 bits per heavy atom. The predicted octanol–water partition coefficient (Wildman–Crippen LogP) is 3.31. The minimum atomic E-state index is -0.574. The molecule has 164 valence electrons. The van der Waals surface area contributed by atoms with Crippen LogP contribution in [0.4, 0.5) is 4.79 Å². The number of hydrogen-bond acceptors (Lipinski definition) is 5. The van der Waals surface area contributed by atoms with Gasteiger partial charge < -0.3 is 19.6 Å². The molecule has 2 heterocycles. The fraction of sp³-hybridized carbons (Fsp3) is 0.375. The molecule has 0 spiro atoms. The zero-order valence-electron chi connectivity index (χ0n) is 17.5. The van der Waals surface area contributed by atoms with E-state index in [0.717, 1.165) is 43.0 Å². The standard InChI is InChI=1S/C24H28ClN3O3/c1-18(20-7-9-21(25)10-8-20)26-11-13-27(14-12-26)22-15-28(16-23(22)29)24(30)31-17-19-5-3-2-4-6-19/h2-10,22-23,29H,1,11-17H2/t22?,23-/m1/s1. The number of rotatable bonds is 5. The van der Waals surface area contributed by atoms with Crippen LogP contribution in [-0.2, 0) is 11.3 Å². The summed E-state index contributed by atoms with van der Waals surface area (Å²) in [4.78, 5) is 18.6. The number of nitrogens with zero attached hydrogens (tertiary/aromatic N) is 3. The Morgan fingerprint density at radius 1 is 1.00 bits per heavy atom. The topological polar surface area (TPSA) is 56.2 Å². The van der Waals surface area contributed by atoms with Gasteiger partial charge in [0.1, 0.15) is 6.61 Å². The van der Waals surface area contributed by atoms with E-state index in [-0.39, 0.29) is 18.7 Å². The summed E-state index contributed by atoms with van der Waals surface area (Å²) >= 11 is 5.98. The maximum Gasteiger partial charge on any atom is 0.410 e. The fourth-order valence-electron chi connectivity index (χ4n) is 4.24. The number of aliphatic hydroxyl groups excluding tert-OH is 1. The largest absolute Gasteiger partial charge is 0.445 e. The summed E-state index contributed by atoms with van der Waals surface area (Å²) in [7, 11) is 0. The Bertz CT molecular complexity index is 898. The van der Waals surface area contributed by atoms with E-state index < -0.39 is 6.10 Å². The molecule has 6 nitrogen and oxygen atoms in total. The highest BCUT2D eigenvalue weighted by molar-refractivity contribution is 6.30. The first-order valence-corrected chi connectivity index (χ1v) is 11.0. The molecule has 0 radical (unpaired) electrons. The maximum absolute atomic E-state index is 12.5. The van der Waals surface area contributed by atoms with Gasteiger partial charge >= 0.3 is 6.09 Å². The number of halogens is 1. The summed E-state index contributed by atoms with van der Waals surface area (Å²) in [6.45, 7) is 8.52. The molecule has 4 rings (SSSR count). The molecule has 1 N–H and O–H groups in total. The first-order valence-electron chi connectivity index (χ1n) is 10.6. The van der Waals surface area contributed by atoms with Gasteiger partial charge in [0.15, 0.2) is 0 Å². The van der Waals surface area contributed by atoms with Crippen LogP contribution in [0.2, 0.25) is 5.02 Å². The van der Waals surface area contributed by atoms with Crippen LogP contribution in [0.1, 0.15) is 11.1 Å². The van der Waals surface area contributed by atoms with E-state index in [1.807, 2.05) is 54.6 Å². The van der Waals surface area contributed by atoms with E-state index in [1.165, 1.54) is 0 Å². The summed E-state index contributed by atoms with van der Waals surface area (Å²) < 4.78 is 5.43. The molecule has 0 bridgehead atoms. The number of piperazine rings is 1. The first-order chi connectivity index (χ1) is 15.0. The van der Waals surface area contributed by atoms with Gasteiger partial charge in [0.05, 0.1) is 18.7 Å². The molecular weight excluding hydrogens is 414 g/mol. The Morgan fingerprint density at radius 3 is 2.35 bits per heavy atom. The van der Waals surface area contributed by atoms with Gasteiger partial charge in [0.25, 0.3) is 0 Å². The van der Waals surface area contributed by atoms with E-state index in [1.54, 1.807) is 4.90 Å². The highest BCUT2D eigenvalue weighted by Crippen LogP contribution is 2.24. The average Bonchev–Trinajstić information content (AvgIpc) is 3.20. The lowest BCUT2D eigenvalue weighted by Crippen LogP contribution is -2.53. The van der Waals surface area contributed by atoms with Crippen LogP contribution in [-0.4, -0.2) is 77.3 Å². The third-order valence-electron chi connectivity index (χ3n) is 6.06. The van der Waals surface area contributed by atoms with Crippen molar-refractivity contribution in [3.05, 3.63) is 77.3 Å². The minimum Gasteiger partial charge on any atom is -0.445 e. The lowest BCUT2D eigenvalue weighted by molar-refractivity contribution is 0.0578. The van der Waals surface area contributed by atoms with Crippen LogP contribution in [0, 0.1) is 0 Å². The second-order valence-electron chi connectivity index (χ2n) is 8.06. The molecule has 2 fully saturated rings. The van der Waals surface area contributed by atoms with Gasteiger partial charge in [0.2, 0.25) is 0 Å². The monoisotopic (exact) mass is 441 g/mol. The van der Waals surface area contributed by atoms with Crippen molar-refractivity contribution in [2.75, 3.05) is 39.3 Å². The molecule has 2 atom stereocenters. The molecule has 2 aromatic carbocycles. The molecule has 0 saturated carbocycles. The number of ether oxygens (including phenoxy) is 1. The van der Waals surface area contributed by atoms with Crippen LogP contribution in [0.15, 0.2) is 61.2 Å². The van der Waals surface area contributed by atoms with Crippen LogP contribution in [0.3, 0.4) is 0 Å². The fourth-order valence-corrected chi connectivity index (χ4v) is 4.36. The molecule has 7 heteroatoms. The second-order valence-corrected chi connectivity index (χ2v) is 8.49. The van der Waals surface area contributed by atoms with Crippen molar-refractivity contribution in [2.45, 2.75) is 18.8 Å². The second kappa shape index (κ2) is 9.73. The van der Waals surface area contributed by atoms with Gasteiger partial charge in [0, 0.05) is 43.4 Å². The molecule has 2 aliphatic heterocycles. The molecule has 2 aliphatic rings. The van der Waals surface area contributed by atoms with Gasteiger partial charge in [-0.1, -0.05) is 60.6 Å². The number of β-amino-alcohol motifs (C(OH)–C–C–N with tert-alkyl or cyclic N) is 1. The number of carbonyl (C=O) groups excluding carboxylic acids is 1. The van der Waals surface area contributed by atoms with Crippen LogP contribution >= 0.6 is 11.6 Å². The van der Waals surface area contributed by atoms with Gasteiger partial charge in [-0.15, -0.1) is 0 Å². The quantitative estimate of drug-likeness (QED) is 0.771. The number of hydrogen-bond donors (Lipinski definition) is 1. The maximum atomic E-state index is 12.5. The Kier molecular flexibility index (Phi) is 6.80. The van der Waals surface area contributed by atoms with Crippen molar-refractivity contribution in [2.24, 2.45) is 0 Å². The summed E-state index contributed by atoms with van der Waals surface area (Å²) in [5, 5.41) is 11.3. The summed E-state index contributed by atoms with van der Waals surface area (Å²) in [6.07, 6.45) is -0.949. The van der Waals surface area contributed by atoms with E-state index in [9.17, 15) is 9.90 Å². The van der Waals surface area contributed by atoms with Gasteiger partial charge in [-0.2, -0.15) is 0 Å². The zero-order valence-corrected chi connectivity index (χ0v) is 18.2. The Labute approximate surface area is 188 Å². The third-order valence-corrected chi connectivity index (χ3v) is 6.32. The molecule has 0 aliphatic carbocycles. The van der Waals surface area contributed by atoms with E-state index in [0.29, 0.717) is 18.1 Å². The molecule has 0 aromatic heterocycles. The zero-order chi connectivity index (χ0) is 21.8.